The molecule has 1 saturated heterocycles. The number of hydrogen-bond acceptors (Lipinski definition) is 5. The van der Waals surface area contributed by atoms with Gasteiger partial charge in [0, 0.05) is 42.5 Å². The molecule has 4 rings (SSSR count). The fraction of sp³-hybridized carbons (Fsp3) is 0.444. The van der Waals surface area contributed by atoms with Gasteiger partial charge in [0.2, 0.25) is 0 Å². The molecule has 0 saturated carbocycles. The number of rotatable bonds is 2. The van der Waals surface area contributed by atoms with E-state index in [9.17, 15) is 9.59 Å². The number of amides is 1. The molecule has 136 valence electrons. The molecule has 0 bridgehead atoms. The minimum Gasteiger partial charge on any atom is -0.338 e. The molecule has 26 heavy (non-hydrogen) atoms. The van der Waals surface area contributed by atoms with Crippen LogP contribution in [0.3, 0.4) is 0 Å². The van der Waals surface area contributed by atoms with Crippen LogP contribution < -0.4 is 5.56 Å². The number of thiazole rings is 1. The SMILES string of the molecule is Cc1cc(=O)n2[nH]c(C3CCN(C(=O)c4sc(C)nc4C)CC3)cc2n1. The van der Waals surface area contributed by atoms with Gasteiger partial charge in [-0.2, -0.15) is 0 Å². The molecule has 3 aromatic rings. The van der Waals surface area contributed by atoms with Gasteiger partial charge in [-0.15, -0.1) is 11.3 Å². The normalized spacial score (nSPS) is 15.7. The minimum atomic E-state index is -0.0950. The Morgan fingerprint density at radius 2 is 1.92 bits per heavy atom. The van der Waals surface area contributed by atoms with E-state index in [2.05, 4.69) is 15.1 Å². The number of H-pyrrole nitrogens is 1. The van der Waals surface area contributed by atoms with E-state index in [0.29, 0.717) is 24.7 Å². The number of nitrogens with zero attached hydrogens (tertiary/aromatic N) is 4. The first-order valence-electron chi connectivity index (χ1n) is 8.75. The predicted octanol–water partition coefficient (Wildman–Crippen LogP) is 2.42. The maximum absolute atomic E-state index is 12.7. The number of aromatic amines is 1. The maximum Gasteiger partial charge on any atom is 0.272 e. The molecule has 0 aliphatic carbocycles. The van der Waals surface area contributed by atoms with E-state index in [-0.39, 0.29) is 11.5 Å². The molecule has 4 heterocycles. The molecule has 0 radical (unpaired) electrons. The Balaban J connectivity index is 1.50. The van der Waals surface area contributed by atoms with E-state index < -0.39 is 0 Å². The summed E-state index contributed by atoms with van der Waals surface area (Å²) < 4.78 is 1.49. The van der Waals surface area contributed by atoms with E-state index in [1.807, 2.05) is 31.7 Å². The number of carbonyl (C=O) groups excluding carboxylic acids is 1. The zero-order chi connectivity index (χ0) is 18.4. The van der Waals surface area contributed by atoms with Crippen LogP contribution in [-0.2, 0) is 0 Å². The van der Waals surface area contributed by atoms with Crippen LogP contribution >= 0.6 is 11.3 Å². The van der Waals surface area contributed by atoms with Crippen molar-refractivity contribution in [3.63, 3.8) is 0 Å². The first kappa shape index (κ1) is 17.0. The first-order valence-corrected chi connectivity index (χ1v) is 9.56. The fourth-order valence-electron chi connectivity index (χ4n) is 3.60. The summed E-state index contributed by atoms with van der Waals surface area (Å²) >= 11 is 1.46. The highest BCUT2D eigenvalue weighted by Gasteiger charge is 2.27. The van der Waals surface area contributed by atoms with Crippen molar-refractivity contribution in [2.75, 3.05) is 13.1 Å². The summed E-state index contributed by atoms with van der Waals surface area (Å²) in [4.78, 5) is 36.2. The lowest BCUT2D eigenvalue weighted by Crippen LogP contribution is -2.38. The fourth-order valence-corrected chi connectivity index (χ4v) is 4.49. The average Bonchev–Trinajstić information content (AvgIpc) is 3.17. The van der Waals surface area contributed by atoms with Crippen molar-refractivity contribution in [2.45, 2.75) is 39.5 Å². The quantitative estimate of drug-likeness (QED) is 0.750. The Morgan fingerprint density at radius 3 is 2.58 bits per heavy atom. The van der Waals surface area contributed by atoms with Crippen molar-refractivity contribution in [3.05, 3.63) is 49.5 Å². The molecule has 0 atom stereocenters. The van der Waals surface area contributed by atoms with Crippen LogP contribution in [0.15, 0.2) is 16.9 Å². The number of hydrogen-bond donors (Lipinski definition) is 1. The number of fused-ring (bicyclic) bond motifs is 1. The third-order valence-electron chi connectivity index (χ3n) is 4.92. The van der Waals surface area contributed by atoms with Crippen molar-refractivity contribution in [1.29, 1.82) is 0 Å². The standard InChI is InChI=1S/C18H21N5O2S/c1-10-8-16(24)23-15(19-10)9-14(21-23)13-4-6-22(7-5-13)18(25)17-11(2)20-12(3)26-17/h8-9,13,21H,4-7H2,1-3H3. The molecule has 1 fully saturated rings. The van der Waals surface area contributed by atoms with Gasteiger partial charge in [-0.25, -0.2) is 14.5 Å². The van der Waals surface area contributed by atoms with Crippen LogP contribution in [0.25, 0.3) is 5.65 Å². The second-order valence-electron chi connectivity index (χ2n) is 6.85. The molecule has 0 unspecified atom stereocenters. The molecular formula is C18H21N5O2S. The van der Waals surface area contributed by atoms with Gasteiger partial charge in [-0.3, -0.25) is 14.7 Å². The summed E-state index contributed by atoms with van der Waals surface area (Å²) in [6, 6.07) is 3.47. The third kappa shape index (κ3) is 2.94. The Morgan fingerprint density at radius 1 is 1.19 bits per heavy atom. The molecule has 0 aromatic carbocycles. The second kappa shape index (κ2) is 6.35. The van der Waals surface area contributed by atoms with Gasteiger partial charge >= 0.3 is 0 Å². The summed E-state index contributed by atoms with van der Waals surface area (Å²) in [5.41, 5.74) is 3.10. The van der Waals surface area contributed by atoms with Gasteiger partial charge in [0.25, 0.3) is 11.5 Å². The second-order valence-corrected chi connectivity index (χ2v) is 8.06. The van der Waals surface area contributed by atoms with Gasteiger partial charge in [0.05, 0.1) is 10.7 Å². The van der Waals surface area contributed by atoms with E-state index in [1.54, 1.807) is 0 Å². The number of aromatic nitrogens is 4. The summed E-state index contributed by atoms with van der Waals surface area (Å²) in [5.74, 6) is 0.376. The highest BCUT2D eigenvalue weighted by Crippen LogP contribution is 2.29. The molecule has 3 aromatic heterocycles. The van der Waals surface area contributed by atoms with Crippen LogP contribution in [0.1, 0.15) is 50.5 Å². The van der Waals surface area contributed by atoms with Crippen molar-refractivity contribution in [3.8, 4) is 0 Å². The maximum atomic E-state index is 12.7. The Labute approximate surface area is 154 Å². The van der Waals surface area contributed by atoms with Crippen molar-refractivity contribution >= 4 is 22.9 Å². The number of nitrogens with one attached hydrogen (secondary N) is 1. The number of carbonyl (C=O) groups is 1. The van der Waals surface area contributed by atoms with Crippen molar-refractivity contribution < 1.29 is 4.79 Å². The predicted molar refractivity (Wildman–Crippen MR) is 100 cm³/mol. The monoisotopic (exact) mass is 371 g/mol. The Bertz CT molecular complexity index is 1040. The number of aryl methyl sites for hydroxylation is 3. The highest BCUT2D eigenvalue weighted by atomic mass is 32.1. The molecule has 1 N–H and O–H groups in total. The first-order chi connectivity index (χ1) is 12.4. The average molecular weight is 371 g/mol. The number of piperidine rings is 1. The molecular weight excluding hydrogens is 350 g/mol. The summed E-state index contributed by atoms with van der Waals surface area (Å²) in [6.07, 6.45) is 1.73. The van der Waals surface area contributed by atoms with Crippen LogP contribution in [0, 0.1) is 20.8 Å². The molecule has 0 spiro atoms. The molecule has 1 aliphatic rings. The third-order valence-corrected chi connectivity index (χ3v) is 5.98. The topological polar surface area (TPSA) is 83.4 Å². The highest BCUT2D eigenvalue weighted by molar-refractivity contribution is 7.13. The van der Waals surface area contributed by atoms with Crippen LogP contribution in [-0.4, -0.2) is 43.5 Å². The van der Waals surface area contributed by atoms with Crippen LogP contribution in [0.5, 0.6) is 0 Å². The van der Waals surface area contributed by atoms with E-state index in [0.717, 1.165) is 39.8 Å². The van der Waals surface area contributed by atoms with Gasteiger partial charge in [-0.1, -0.05) is 0 Å². The smallest absolute Gasteiger partial charge is 0.272 e. The molecule has 1 aliphatic heterocycles. The van der Waals surface area contributed by atoms with E-state index in [4.69, 9.17) is 0 Å². The van der Waals surface area contributed by atoms with Gasteiger partial charge < -0.3 is 4.90 Å². The lowest BCUT2D eigenvalue weighted by atomic mass is 9.93. The molecule has 8 heteroatoms. The lowest BCUT2D eigenvalue weighted by Gasteiger charge is -2.31. The zero-order valence-corrected chi connectivity index (χ0v) is 15.9. The largest absolute Gasteiger partial charge is 0.338 e. The minimum absolute atomic E-state index is 0.0803. The lowest BCUT2D eigenvalue weighted by molar-refractivity contribution is 0.0716. The van der Waals surface area contributed by atoms with Crippen LogP contribution in [0.4, 0.5) is 0 Å². The molecule has 1 amide bonds. The summed E-state index contributed by atoms with van der Waals surface area (Å²) in [5, 5.41) is 4.10. The summed E-state index contributed by atoms with van der Waals surface area (Å²) in [6.45, 7) is 7.05. The Hall–Kier alpha value is -2.48. The van der Waals surface area contributed by atoms with Gasteiger partial charge in [0.15, 0.2) is 5.65 Å². The summed E-state index contributed by atoms with van der Waals surface area (Å²) in [7, 11) is 0. The van der Waals surface area contributed by atoms with Crippen molar-refractivity contribution in [1.82, 2.24) is 24.5 Å². The Kier molecular flexibility index (Phi) is 4.14. The van der Waals surface area contributed by atoms with Gasteiger partial charge in [0.1, 0.15) is 4.88 Å². The van der Waals surface area contributed by atoms with Crippen molar-refractivity contribution in [2.24, 2.45) is 0 Å². The molecule has 7 nitrogen and oxygen atoms in total. The van der Waals surface area contributed by atoms with E-state index >= 15 is 0 Å². The van der Waals surface area contributed by atoms with Crippen LogP contribution in [0.2, 0.25) is 0 Å². The zero-order valence-electron chi connectivity index (χ0n) is 15.1. The number of likely N-dealkylation sites (tertiary alicyclic amines) is 1. The van der Waals surface area contributed by atoms with E-state index in [1.165, 1.54) is 21.9 Å². The van der Waals surface area contributed by atoms with Gasteiger partial charge in [-0.05, 0) is 33.6 Å².